The fourth-order valence-corrected chi connectivity index (χ4v) is 2.06. The molecule has 4 nitrogen and oxygen atoms in total. The van der Waals surface area contributed by atoms with Crippen LogP contribution in [0, 0.1) is 17.7 Å². The second-order valence-electron chi connectivity index (χ2n) is 5.19. The fraction of sp³-hybridized carbons (Fsp3) is 0.667. The second kappa shape index (κ2) is 4.13. The summed E-state index contributed by atoms with van der Waals surface area (Å²) >= 11 is 0. The number of aromatic nitrogens is 2. The van der Waals surface area contributed by atoms with Crippen molar-refractivity contribution in [1.29, 1.82) is 0 Å². The molecule has 1 heterocycles. The third kappa shape index (κ3) is 2.65. The van der Waals surface area contributed by atoms with E-state index < -0.39 is 0 Å². The molecule has 2 N–H and O–H groups in total. The van der Waals surface area contributed by atoms with Gasteiger partial charge >= 0.3 is 0 Å². The molecule has 2 aliphatic carbocycles. The van der Waals surface area contributed by atoms with Crippen molar-refractivity contribution in [2.45, 2.75) is 25.7 Å². The zero-order valence-electron chi connectivity index (χ0n) is 9.77. The molecule has 0 unspecified atom stereocenters. The van der Waals surface area contributed by atoms with Crippen LogP contribution in [0.1, 0.15) is 25.7 Å². The Morgan fingerprint density at radius 3 is 2.35 bits per heavy atom. The highest BCUT2D eigenvalue weighted by Gasteiger charge is 2.31. The maximum atomic E-state index is 13.7. The number of hydrogen-bond donors (Lipinski definition) is 1. The van der Waals surface area contributed by atoms with Gasteiger partial charge in [-0.2, -0.15) is 4.98 Å². The molecule has 0 aromatic carbocycles. The van der Waals surface area contributed by atoms with Crippen LogP contribution >= 0.6 is 0 Å². The predicted molar refractivity (Wildman–Crippen MR) is 64.1 cm³/mol. The van der Waals surface area contributed by atoms with Crippen LogP contribution < -0.4 is 10.6 Å². The van der Waals surface area contributed by atoms with Gasteiger partial charge in [0.15, 0.2) is 11.6 Å². The Labute approximate surface area is 100 Å². The van der Waals surface area contributed by atoms with E-state index in [1.54, 1.807) is 0 Å². The lowest BCUT2D eigenvalue weighted by Crippen LogP contribution is -2.30. The molecule has 3 rings (SSSR count). The minimum atomic E-state index is -0.361. The molecule has 0 aliphatic heterocycles. The van der Waals surface area contributed by atoms with Gasteiger partial charge in [0.05, 0.1) is 6.20 Å². The Bertz CT molecular complexity index is 401. The SMILES string of the molecule is Nc1ncc(F)c(N(CC2CC2)CC2CC2)n1. The quantitative estimate of drug-likeness (QED) is 0.847. The predicted octanol–water partition coefficient (Wildman–Crippen LogP) is 1.82. The minimum Gasteiger partial charge on any atom is -0.368 e. The molecular formula is C12H17FN4. The number of nitrogen functional groups attached to an aromatic ring is 1. The third-order valence-corrected chi connectivity index (χ3v) is 3.39. The van der Waals surface area contributed by atoms with Gasteiger partial charge in [0, 0.05) is 13.1 Å². The van der Waals surface area contributed by atoms with E-state index in [4.69, 9.17) is 5.73 Å². The molecule has 0 saturated heterocycles. The Balaban J connectivity index is 1.80. The average molecular weight is 236 g/mol. The van der Waals surface area contributed by atoms with Crippen molar-refractivity contribution in [3.63, 3.8) is 0 Å². The van der Waals surface area contributed by atoms with E-state index in [1.165, 1.54) is 31.9 Å². The molecule has 0 spiro atoms. The smallest absolute Gasteiger partial charge is 0.222 e. The standard InChI is InChI=1S/C12H17FN4/c13-10-5-15-12(14)16-11(10)17(6-8-1-2-8)7-9-3-4-9/h5,8-9H,1-4,6-7H2,(H2,14,15,16). The van der Waals surface area contributed by atoms with E-state index in [0.29, 0.717) is 17.7 Å². The van der Waals surface area contributed by atoms with E-state index in [1.807, 2.05) is 0 Å². The van der Waals surface area contributed by atoms with Crippen LogP contribution in [0.4, 0.5) is 16.2 Å². The van der Waals surface area contributed by atoms with Crippen LogP contribution in [0.5, 0.6) is 0 Å². The third-order valence-electron chi connectivity index (χ3n) is 3.39. The summed E-state index contributed by atoms with van der Waals surface area (Å²) in [7, 11) is 0. The molecule has 17 heavy (non-hydrogen) atoms. The van der Waals surface area contributed by atoms with Gasteiger partial charge in [-0.05, 0) is 37.5 Å². The van der Waals surface area contributed by atoms with E-state index >= 15 is 0 Å². The largest absolute Gasteiger partial charge is 0.368 e. The lowest BCUT2D eigenvalue weighted by atomic mass is 10.3. The van der Waals surface area contributed by atoms with Gasteiger partial charge in [-0.25, -0.2) is 9.37 Å². The van der Waals surface area contributed by atoms with Crippen molar-refractivity contribution in [1.82, 2.24) is 9.97 Å². The number of nitrogens with two attached hydrogens (primary N) is 1. The van der Waals surface area contributed by atoms with Gasteiger partial charge in [-0.15, -0.1) is 0 Å². The number of halogens is 1. The lowest BCUT2D eigenvalue weighted by molar-refractivity contribution is 0.588. The lowest BCUT2D eigenvalue weighted by Gasteiger charge is -2.23. The summed E-state index contributed by atoms with van der Waals surface area (Å²) in [5, 5.41) is 0. The highest BCUT2D eigenvalue weighted by Crippen LogP contribution is 2.35. The molecule has 2 fully saturated rings. The van der Waals surface area contributed by atoms with Gasteiger partial charge in [-0.3, -0.25) is 0 Å². The van der Waals surface area contributed by atoms with E-state index in [9.17, 15) is 4.39 Å². The topological polar surface area (TPSA) is 55.0 Å². The van der Waals surface area contributed by atoms with Crippen molar-refractivity contribution < 1.29 is 4.39 Å². The first-order valence-electron chi connectivity index (χ1n) is 6.25. The van der Waals surface area contributed by atoms with Crippen LogP contribution in [-0.2, 0) is 0 Å². The second-order valence-corrected chi connectivity index (χ2v) is 5.19. The van der Waals surface area contributed by atoms with Crippen molar-refractivity contribution in [3.05, 3.63) is 12.0 Å². The van der Waals surface area contributed by atoms with Crippen molar-refractivity contribution >= 4 is 11.8 Å². The summed E-state index contributed by atoms with van der Waals surface area (Å²) < 4.78 is 13.7. The maximum Gasteiger partial charge on any atom is 0.222 e. The first kappa shape index (κ1) is 10.7. The molecule has 2 saturated carbocycles. The Kier molecular flexibility index (Phi) is 2.61. The summed E-state index contributed by atoms with van der Waals surface area (Å²) in [6.45, 7) is 1.81. The highest BCUT2D eigenvalue weighted by molar-refractivity contribution is 5.43. The fourth-order valence-electron chi connectivity index (χ4n) is 2.06. The van der Waals surface area contributed by atoms with Crippen molar-refractivity contribution in [3.8, 4) is 0 Å². The number of hydrogen-bond acceptors (Lipinski definition) is 4. The summed E-state index contributed by atoms with van der Waals surface area (Å²) in [6, 6.07) is 0. The monoisotopic (exact) mass is 236 g/mol. The summed E-state index contributed by atoms with van der Waals surface area (Å²) in [5.41, 5.74) is 5.54. The summed E-state index contributed by atoms with van der Waals surface area (Å²) in [4.78, 5) is 9.79. The van der Waals surface area contributed by atoms with Crippen molar-refractivity contribution in [2.24, 2.45) is 11.8 Å². The zero-order chi connectivity index (χ0) is 11.8. The van der Waals surface area contributed by atoms with Gasteiger partial charge in [0.2, 0.25) is 5.95 Å². The Hall–Kier alpha value is -1.39. The van der Waals surface area contributed by atoms with E-state index in [0.717, 1.165) is 13.1 Å². The minimum absolute atomic E-state index is 0.151. The number of anilines is 2. The number of nitrogens with zero attached hydrogens (tertiary/aromatic N) is 3. The van der Waals surface area contributed by atoms with Crippen LogP contribution in [0.25, 0.3) is 0 Å². The molecule has 0 amide bonds. The van der Waals surface area contributed by atoms with Gasteiger partial charge < -0.3 is 10.6 Å². The van der Waals surface area contributed by atoms with Gasteiger partial charge in [-0.1, -0.05) is 0 Å². The van der Waals surface area contributed by atoms with Crippen molar-refractivity contribution in [2.75, 3.05) is 23.7 Å². The highest BCUT2D eigenvalue weighted by atomic mass is 19.1. The van der Waals surface area contributed by atoms with Gasteiger partial charge in [0.25, 0.3) is 0 Å². The zero-order valence-corrected chi connectivity index (χ0v) is 9.77. The molecule has 0 radical (unpaired) electrons. The molecule has 0 atom stereocenters. The summed E-state index contributed by atoms with van der Waals surface area (Å²) in [6.07, 6.45) is 6.18. The average Bonchev–Trinajstić information content (AvgIpc) is 3.15. The molecule has 0 bridgehead atoms. The first-order valence-corrected chi connectivity index (χ1v) is 6.25. The maximum absolute atomic E-state index is 13.7. The molecule has 1 aromatic rings. The van der Waals surface area contributed by atoms with Gasteiger partial charge in [0.1, 0.15) is 0 Å². The van der Waals surface area contributed by atoms with Crippen LogP contribution in [0.3, 0.4) is 0 Å². The molecule has 5 heteroatoms. The van der Waals surface area contributed by atoms with E-state index in [2.05, 4.69) is 14.9 Å². The van der Waals surface area contributed by atoms with E-state index in [-0.39, 0.29) is 11.8 Å². The number of rotatable bonds is 5. The van der Waals surface area contributed by atoms with Crippen LogP contribution in [0.2, 0.25) is 0 Å². The first-order chi connectivity index (χ1) is 8.22. The summed E-state index contributed by atoms with van der Waals surface area (Å²) in [5.74, 6) is 1.60. The Morgan fingerprint density at radius 2 is 1.82 bits per heavy atom. The molecule has 92 valence electrons. The Morgan fingerprint density at radius 1 is 1.24 bits per heavy atom. The van der Waals surface area contributed by atoms with Crippen LogP contribution in [0.15, 0.2) is 6.20 Å². The molecule has 2 aliphatic rings. The molecule has 1 aromatic heterocycles. The van der Waals surface area contributed by atoms with Crippen LogP contribution in [-0.4, -0.2) is 23.1 Å². The normalized spacial score (nSPS) is 19.4. The molecular weight excluding hydrogens is 219 g/mol.